The molecule has 114 valence electrons. The highest BCUT2D eigenvalue weighted by atomic mass is 16.5. The molecular weight excluding hydrogens is 278 g/mol. The second-order valence-electron chi connectivity index (χ2n) is 6.51. The van der Waals surface area contributed by atoms with Crippen molar-refractivity contribution in [2.75, 3.05) is 18.0 Å². The van der Waals surface area contributed by atoms with Crippen molar-refractivity contribution in [1.29, 1.82) is 0 Å². The van der Waals surface area contributed by atoms with Crippen LogP contribution >= 0.6 is 0 Å². The van der Waals surface area contributed by atoms with Gasteiger partial charge in [0.1, 0.15) is 12.1 Å². The first kappa shape index (κ1) is 12.6. The van der Waals surface area contributed by atoms with Gasteiger partial charge in [-0.05, 0) is 6.42 Å². The van der Waals surface area contributed by atoms with Crippen LogP contribution in [0.5, 0.6) is 0 Å². The Morgan fingerprint density at radius 3 is 2.73 bits per heavy atom. The third kappa shape index (κ3) is 1.67. The first-order chi connectivity index (χ1) is 10.8. The quantitative estimate of drug-likeness (QED) is 0.803. The predicted octanol–water partition coefficient (Wildman–Crippen LogP) is 1.47. The molecule has 5 heterocycles. The van der Waals surface area contributed by atoms with E-state index < -0.39 is 0 Å². The number of hydrogen-bond donors (Lipinski definition) is 0. The molecule has 2 fully saturated rings. The summed E-state index contributed by atoms with van der Waals surface area (Å²) < 4.78 is 7.84. The highest BCUT2D eigenvalue weighted by Crippen LogP contribution is 2.44. The number of hydrogen-bond acceptors (Lipinski definition) is 5. The van der Waals surface area contributed by atoms with E-state index in [0.29, 0.717) is 29.8 Å². The van der Waals surface area contributed by atoms with E-state index in [4.69, 9.17) is 4.74 Å². The molecule has 2 saturated heterocycles. The molecule has 0 aromatic carbocycles. The lowest BCUT2D eigenvalue weighted by atomic mass is 9.86. The highest BCUT2D eigenvalue weighted by molar-refractivity contribution is 5.49. The zero-order chi connectivity index (χ0) is 14.7. The molecule has 4 atom stereocenters. The van der Waals surface area contributed by atoms with Crippen LogP contribution in [0.25, 0.3) is 5.78 Å². The van der Waals surface area contributed by atoms with Crippen LogP contribution in [-0.2, 0) is 11.2 Å². The minimum Gasteiger partial charge on any atom is -0.366 e. The number of anilines is 1. The molecule has 2 aromatic rings. The van der Waals surface area contributed by atoms with Gasteiger partial charge in [-0.1, -0.05) is 25.5 Å². The summed E-state index contributed by atoms with van der Waals surface area (Å²) in [6.45, 7) is 4.23. The number of aryl methyl sites for hydroxylation is 1. The normalized spacial score (nSPS) is 32.3. The Kier molecular flexibility index (Phi) is 2.59. The van der Waals surface area contributed by atoms with Crippen LogP contribution in [0.4, 0.5) is 5.82 Å². The van der Waals surface area contributed by atoms with Crippen LogP contribution < -0.4 is 4.90 Å². The average Bonchev–Trinajstić information content (AvgIpc) is 3.27. The molecule has 0 saturated carbocycles. The summed E-state index contributed by atoms with van der Waals surface area (Å²) in [6, 6.07) is 2.18. The molecule has 0 aliphatic carbocycles. The van der Waals surface area contributed by atoms with E-state index in [0.717, 1.165) is 37.4 Å². The minimum absolute atomic E-state index is 0.309. The van der Waals surface area contributed by atoms with Crippen molar-refractivity contribution >= 4 is 11.6 Å². The van der Waals surface area contributed by atoms with Crippen LogP contribution in [0.2, 0.25) is 0 Å². The summed E-state index contributed by atoms with van der Waals surface area (Å²) in [5.41, 5.74) is 1.10. The lowest BCUT2D eigenvalue weighted by Crippen LogP contribution is -2.27. The maximum atomic E-state index is 5.97. The zero-order valence-electron chi connectivity index (χ0n) is 12.6. The molecule has 22 heavy (non-hydrogen) atoms. The number of fused-ring (bicyclic) bond motifs is 6. The molecule has 4 unspecified atom stereocenters. The van der Waals surface area contributed by atoms with Gasteiger partial charge in [-0.2, -0.15) is 14.6 Å². The Morgan fingerprint density at radius 2 is 2.00 bits per heavy atom. The third-order valence-corrected chi connectivity index (χ3v) is 5.18. The van der Waals surface area contributed by atoms with Gasteiger partial charge in [0.25, 0.3) is 5.78 Å². The molecule has 0 spiro atoms. The third-order valence-electron chi connectivity index (χ3n) is 5.18. The van der Waals surface area contributed by atoms with Gasteiger partial charge in [0.15, 0.2) is 0 Å². The maximum Gasteiger partial charge on any atom is 0.254 e. The van der Waals surface area contributed by atoms with Crippen molar-refractivity contribution < 1.29 is 4.74 Å². The van der Waals surface area contributed by atoms with Crippen molar-refractivity contribution in [3.8, 4) is 0 Å². The lowest BCUT2D eigenvalue weighted by molar-refractivity contribution is 0.100. The molecule has 2 bridgehead atoms. The van der Waals surface area contributed by atoms with E-state index in [1.165, 1.54) is 0 Å². The van der Waals surface area contributed by atoms with Gasteiger partial charge in [-0.15, -0.1) is 0 Å². The molecule has 2 aromatic heterocycles. The zero-order valence-corrected chi connectivity index (χ0v) is 12.6. The van der Waals surface area contributed by atoms with Gasteiger partial charge in [0.2, 0.25) is 0 Å². The van der Waals surface area contributed by atoms with Gasteiger partial charge in [-0.25, -0.2) is 4.98 Å². The monoisotopic (exact) mass is 297 g/mol. The van der Waals surface area contributed by atoms with Crippen molar-refractivity contribution in [1.82, 2.24) is 19.6 Å². The van der Waals surface area contributed by atoms with Crippen LogP contribution in [-0.4, -0.2) is 44.9 Å². The maximum absolute atomic E-state index is 5.97. The summed E-state index contributed by atoms with van der Waals surface area (Å²) in [5, 5.41) is 4.37. The summed E-state index contributed by atoms with van der Waals surface area (Å²) in [4.78, 5) is 11.3. The first-order valence-electron chi connectivity index (χ1n) is 8.12. The van der Waals surface area contributed by atoms with Crippen LogP contribution in [0, 0.1) is 11.8 Å². The van der Waals surface area contributed by atoms with Gasteiger partial charge in [0, 0.05) is 36.7 Å². The fourth-order valence-corrected chi connectivity index (χ4v) is 4.17. The fourth-order valence-electron chi connectivity index (χ4n) is 4.17. The number of nitrogens with zero attached hydrogens (tertiary/aromatic N) is 5. The fraction of sp³-hybridized carbons (Fsp3) is 0.562. The summed E-state index contributed by atoms with van der Waals surface area (Å²) in [6.07, 6.45) is 8.74. The molecular formula is C16H19N5O. The Labute approximate surface area is 128 Å². The molecule has 0 N–H and O–H groups in total. The van der Waals surface area contributed by atoms with Crippen LogP contribution in [0.15, 0.2) is 24.5 Å². The minimum atomic E-state index is 0.309. The molecule has 6 nitrogen and oxygen atoms in total. The second kappa shape index (κ2) is 4.52. The molecule has 3 aliphatic rings. The summed E-state index contributed by atoms with van der Waals surface area (Å²) in [7, 11) is 0. The summed E-state index contributed by atoms with van der Waals surface area (Å²) >= 11 is 0. The smallest absolute Gasteiger partial charge is 0.254 e. The van der Waals surface area contributed by atoms with Crippen LogP contribution in [0.1, 0.15) is 19.0 Å². The Morgan fingerprint density at radius 1 is 1.23 bits per heavy atom. The van der Waals surface area contributed by atoms with Gasteiger partial charge < -0.3 is 9.64 Å². The van der Waals surface area contributed by atoms with Crippen LogP contribution in [0.3, 0.4) is 0 Å². The standard InChI is InChI=1S/C16H19N5O/c1-2-3-10-6-15(21-16(19-10)17-9-18-21)20-7-11-12(8-20)14-5-4-13(11)22-14/h4-6,9,11-14H,2-3,7-8H2,1H3. The second-order valence-corrected chi connectivity index (χ2v) is 6.51. The Hall–Kier alpha value is -1.95. The van der Waals surface area contributed by atoms with Crippen molar-refractivity contribution in [3.63, 3.8) is 0 Å². The first-order valence-corrected chi connectivity index (χ1v) is 8.12. The van der Waals surface area contributed by atoms with Crippen molar-refractivity contribution in [3.05, 3.63) is 30.2 Å². The van der Waals surface area contributed by atoms with E-state index in [-0.39, 0.29) is 0 Å². The molecule has 6 heteroatoms. The predicted molar refractivity (Wildman–Crippen MR) is 81.8 cm³/mol. The number of rotatable bonds is 3. The van der Waals surface area contributed by atoms with Crippen molar-refractivity contribution in [2.45, 2.75) is 32.0 Å². The van der Waals surface area contributed by atoms with E-state index in [9.17, 15) is 0 Å². The molecule has 0 amide bonds. The topological polar surface area (TPSA) is 55.6 Å². The average molecular weight is 297 g/mol. The number of ether oxygens (including phenoxy) is 1. The van der Waals surface area contributed by atoms with E-state index in [1.807, 2.05) is 4.52 Å². The summed E-state index contributed by atoms with van der Waals surface area (Å²) in [5.74, 6) is 3.04. The van der Waals surface area contributed by atoms with Gasteiger partial charge in [-0.3, -0.25) is 0 Å². The number of aromatic nitrogens is 4. The van der Waals surface area contributed by atoms with Gasteiger partial charge >= 0.3 is 0 Å². The van der Waals surface area contributed by atoms with E-state index >= 15 is 0 Å². The van der Waals surface area contributed by atoms with Crippen molar-refractivity contribution in [2.24, 2.45) is 11.8 Å². The largest absolute Gasteiger partial charge is 0.366 e. The van der Waals surface area contributed by atoms with Gasteiger partial charge in [0.05, 0.1) is 12.2 Å². The van der Waals surface area contributed by atoms with E-state index in [1.54, 1.807) is 6.33 Å². The lowest BCUT2D eigenvalue weighted by Gasteiger charge is -2.21. The SMILES string of the molecule is CCCc1cc(N2CC3C4C=CC(O4)C3C2)n2ncnc2n1. The highest BCUT2D eigenvalue weighted by Gasteiger charge is 2.50. The molecule has 3 aliphatic heterocycles. The Bertz CT molecular complexity index is 734. The molecule has 0 radical (unpaired) electrons. The molecule has 5 rings (SSSR count). The Balaban J connectivity index is 1.53. The van der Waals surface area contributed by atoms with E-state index in [2.05, 4.69) is 45.1 Å².